The van der Waals surface area contributed by atoms with Crippen LogP contribution in [-0.2, 0) is 4.79 Å². The van der Waals surface area contributed by atoms with Crippen molar-refractivity contribution < 1.29 is 9.18 Å². The quantitative estimate of drug-likeness (QED) is 0.363. The zero-order valence-electron chi connectivity index (χ0n) is 16.1. The maximum atomic E-state index is 13.3. The molecule has 27 heavy (non-hydrogen) atoms. The Labute approximate surface area is 182 Å². The van der Waals surface area contributed by atoms with Gasteiger partial charge in [0.25, 0.3) is 0 Å². The fourth-order valence-electron chi connectivity index (χ4n) is 2.68. The molecule has 9 heteroatoms. The Hall–Kier alpha value is -1.29. The van der Waals surface area contributed by atoms with Gasteiger partial charge in [-0.25, -0.2) is 9.38 Å². The van der Waals surface area contributed by atoms with Crippen LogP contribution in [0.1, 0.15) is 20.3 Å². The van der Waals surface area contributed by atoms with Crippen LogP contribution in [0.25, 0.3) is 0 Å². The Morgan fingerprint density at radius 1 is 1.44 bits per heavy atom. The van der Waals surface area contributed by atoms with E-state index in [1.54, 1.807) is 26.2 Å². The summed E-state index contributed by atoms with van der Waals surface area (Å²) in [6.07, 6.45) is 0.912. The highest BCUT2D eigenvalue weighted by molar-refractivity contribution is 14.0. The number of hydrogen-bond donors (Lipinski definition) is 2. The molecule has 0 saturated carbocycles. The van der Waals surface area contributed by atoms with Gasteiger partial charge in [-0.1, -0.05) is 11.6 Å². The van der Waals surface area contributed by atoms with Crippen molar-refractivity contribution in [2.45, 2.75) is 32.4 Å². The molecule has 0 bridgehead atoms. The van der Waals surface area contributed by atoms with Gasteiger partial charge in [0.15, 0.2) is 5.96 Å². The second kappa shape index (κ2) is 10.9. The molecule has 1 aliphatic rings. The molecule has 0 aliphatic carbocycles. The summed E-state index contributed by atoms with van der Waals surface area (Å²) in [7, 11) is 3.42. The van der Waals surface area contributed by atoms with Crippen LogP contribution in [0.5, 0.6) is 0 Å². The summed E-state index contributed by atoms with van der Waals surface area (Å²) in [6.45, 7) is 5.73. The lowest BCUT2D eigenvalue weighted by atomic mass is 10.2. The van der Waals surface area contributed by atoms with E-state index in [-0.39, 0.29) is 53.5 Å². The van der Waals surface area contributed by atoms with Crippen molar-refractivity contribution in [1.82, 2.24) is 15.5 Å². The van der Waals surface area contributed by atoms with Crippen LogP contribution in [0.15, 0.2) is 23.2 Å². The molecule has 2 N–H and O–H groups in total. The van der Waals surface area contributed by atoms with Crippen molar-refractivity contribution in [1.29, 1.82) is 0 Å². The molecule has 1 amide bonds. The number of aliphatic imine (C=N–C) groups is 1. The van der Waals surface area contributed by atoms with Gasteiger partial charge in [0, 0.05) is 45.0 Å². The maximum Gasteiger partial charge on any atom is 0.243 e. The van der Waals surface area contributed by atoms with Gasteiger partial charge in [0.1, 0.15) is 12.4 Å². The number of halogens is 3. The van der Waals surface area contributed by atoms with E-state index in [1.807, 2.05) is 13.8 Å². The number of carbonyl (C=O) groups is 1. The van der Waals surface area contributed by atoms with E-state index in [9.17, 15) is 9.18 Å². The molecule has 1 unspecified atom stereocenters. The monoisotopic (exact) mass is 511 g/mol. The number of guanidine groups is 1. The van der Waals surface area contributed by atoms with E-state index < -0.39 is 5.82 Å². The second-order valence-corrected chi connectivity index (χ2v) is 7.33. The summed E-state index contributed by atoms with van der Waals surface area (Å²) in [5.74, 6) is 0.161. The van der Waals surface area contributed by atoms with Gasteiger partial charge in [0.05, 0.1) is 5.02 Å². The summed E-state index contributed by atoms with van der Waals surface area (Å²) in [6, 6.07) is 5.15. The van der Waals surface area contributed by atoms with Gasteiger partial charge < -0.3 is 20.4 Å². The van der Waals surface area contributed by atoms with Crippen LogP contribution in [0.2, 0.25) is 5.02 Å². The largest absolute Gasteiger partial charge is 0.369 e. The van der Waals surface area contributed by atoms with E-state index in [0.717, 1.165) is 25.2 Å². The van der Waals surface area contributed by atoms with Crippen LogP contribution in [0.4, 0.5) is 10.1 Å². The van der Waals surface area contributed by atoms with Crippen LogP contribution in [0, 0.1) is 5.82 Å². The number of anilines is 1. The van der Waals surface area contributed by atoms with Crippen LogP contribution >= 0.6 is 35.6 Å². The first-order valence-electron chi connectivity index (χ1n) is 8.74. The number of nitrogens with one attached hydrogen (secondary N) is 2. The van der Waals surface area contributed by atoms with Crippen LogP contribution in [0.3, 0.4) is 0 Å². The molecule has 152 valence electrons. The zero-order valence-corrected chi connectivity index (χ0v) is 19.2. The summed E-state index contributed by atoms with van der Waals surface area (Å²) >= 11 is 5.88. The van der Waals surface area contributed by atoms with E-state index in [4.69, 9.17) is 11.6 Å². The molecule has 0 spiro atoms. The molecular weight excluding hydrogens is 484 g/mol. The molecule has 1 aliphatic heterocycles. The fourth-order valence-corrected chi connectivity index (χ4v) is 2.86. The Balaban J connectivity index is 0.00000364. The van der Waals surface area contributed by atoms with Crippen molar-refractivity contribution in [3.8, 4) is 0 Å². The topological polar surface area (TPSA) is 60.0 Å². The summed E-state index contributed by atoms with van der Waals surface area (Å²) in [5, 5.41) is 6.77. The minimum Gasteiger partial charge on any atom is -0.369 e. The third-order valence-electron chi connectivity index (χ3n) is 4.09. The van der Waals surface area contributed by atoms with E-state index in [2.05, 4.69) is 20.5 Å². The first-order valence-corrected chi connectivity index (χ1v) is 9.11. The number of likely N-dealkylation sites (N-methyl/N-ethyl adjacent to an activating group) is 1. The van der Waals surface area contributed by atoms with Gasteiger partial charge in [-0.3, -0.25) is 4.79 Å². The first kappa shape index (κ1) is 23.7. The molecule has 1 heterocycles. The van der Waals surface area contributed by atoms with Crippen LogP contribution < -0.4 is 15.5 Å². The number of nitrogens with zero attached hydrogens (tertiary/aromatic N) is 3. The fraction of sp³-hybridized carbons (Fsp3) is 0.556. The minimum absolute atomic E-state index is 0. The predicted octanol–water partition coefficient (Wildman–Crippen LogP) is 2.71. The summed E-state index contributed by atoms with van der Waals surface area (Å²) in [5.41, 5.74) is 0.902. The van der Waals surface area contributed by atoms with E-state index >= 15 is 0 Å². The molecule has 6 nitrogen and oxygen atoms in total. The lowest BCUT2D eigenvalue weighted by Crippen LogP contribution is -2.47. The minimum atomic E-state index is -0.412. The van der Waals surface area contributed by atoms with Crippen molar-refractivity contribution in [2.75, 3.05) is 38.6 Å². The van der Waals surface area contributed by atoms with Gasteiger partial charge in [-0.15, -0.1) is 24.0 Å². The van der Waals surface area contributed by atoms with Crippen molar-refractivity contribution in [3.63, 3.8) is 0 Å². The predicted molar refractivity (Wildman–Crippen MR) is 120 cm³/mol. The molecule has 0 radical (unpaired) electrons. The SMILES string of the molecule is CC(C)NC(=NCC(=O)N(C)C)NC1CCN(c2ccc(F)c(Cl)c2)C1.I. The Bertz CT molecular complexity index is 671. The standard InChI is InChI=1S/C18H27ClFN5O.HI/c1-12(2)22-18(21-10-17(26)24(3)4)23-13-7-8-25(11-13)14-5-6-16(20)15(19)9-14;/h5-6,9,12-13H,7-8,10-11H2,1-4H3,(H2,21,22,23);1H. The van der Waals surface area contributed by atoms with Gasteiger partial charge in [-0.05, 0) is 38.5 Å². The van der Waals surface area contributed by atoms with Crippen molar-refractivity contribution in [3.05, 3.63) is 29.0 Å². The molecule has 1 saturated heterocycles. The average Bonchev–Trinajstić information content (AvgIpc) is 3.02. The second-order valence-electron chi connectivity index (χ2n) is 6.93. The van der Waals surface area contributed by atoms with Crippen molar-refractivity contribution in [2.24, 2.45) is 4.99 Å². The smallest absolute Gasteiger partial charge is 0.243 e. The molecule has 1 atom stereocenters. The molecule has 1 aromatic carbocycles. The normalized spacial score (nSPS) is 16.9. The Kier molecular flexibility index (Phi) is 9.58. The number of benzene rings is 1. The Morgan fingerprint density at radius 3 is 2.74 bits per heavy atom. The highest BCUT2D eigenvalue weighted by Gasteiger charge is 2.24. The first-order chi connectivity index (χ1) is 12.3. The lowest BCUT2D eigenvalue weighted by Gasteiger charge is -2.22. The lowest BCUT2D eigenvalue weighted by molar-refractivity contribution is -0.127. The van der Waals surface area contributed by atoms with Gasteiger partial charge in [0.2, 0.25) is 5.91 Å². The van der Waals surface area contributed by atoms with Crippen LogP contribution in [-0.4, -0.2) is 62.6 Å². The van der Waals surface area contributed by atoms with Crippen molar-refractivity contribution >= 4 is 53.1 Å². The summed E-state index contributed by atoms with van der Waals surface area (Å²) < 4.78 is 13.3. The average molecular weight is 512 g/mol. The number of hydrogen-bond acceptors (Lipinski definition) is 3. The summed E-state index contributed by atoms with van der Waals surface area (Å²) in [4.78, 5) is 19.8. The number of rotatable bonds is 5. The molecule has 2 rings (SSSR count). The Morgan fingerprint density at radius 2 is 2.15 bits per heavy atom. The molecular formula is C18H28ClFIN5O. The molecule has 1 fully saturated rings. The van der Waals surface area contributed by atoms with E-state index in [0.29, 0.717) is 5.96 Å². The molecule has 1 aromatic rings. The molecule has 0 aromatic heterocycles. The van der Waals surface area contributed by atoms with Gasteiger partial charge in [-0.2, -0.15) is 0 Å². The maximum absolute atomic E-state index is 13.3. The third kappa shape index (κ3) is 7.33. The number of carbonyl (C=O) groups excluding carboxylic acids is 1. The van der Waals surface area contributed by atoms with E-state index in [1.165, 1.54) is 11.0 Å². The van der Waals surface area contributed by atoms with Gasteiger partial charge >= 0.3 is 0 Å². The zero-order chi connectivity index (χ0) is 19.3. The number of amides is 1. The third-order valence-corrected chi connectivity index (χ3v) is 4.38. The highest BCUT2D eigenvalue weighted by Crippen LogP contribution is 2.25. The highest BCUT2D eigenvalue weighted by atomic mass is 127.